The van der Waals surface area contributed by atoms with Gasteiger partial charge in [-0.1, -0.05) is 12.1 Å². The second-order valence-corrected chi connectivity index (χ2v) is 7.01. The van der Waals surface area contributed by atoms with Crippen molar-refractivity contribution in [2.75, 3.05) is 13.2 Å². The Bertz CT molecular complexity index is 821. The predicted molar refractivity (Wildman–Crippen MR) is 94.3 cm³/mol. The van der Waals surface area contributed by atoms with Crippen molar-refractivity contribution < 1.29 is 14.3 Å². The number of aromatic amines is 1. The first kappa shape index (κ1) is 16.1. The quantitative estimate of drug-likeness (QED) is 0.792. The van der Waals surface area contributed by atoms with Crippen LogP contribution in [0.15, 0.2) is 18.2 Å². The molecule has 2 aliphatic rings. The molecule has 0 radical (unpaired) electrons. The van der Waals surface area contributed by atoms with E-state index < -0.39 is 5.91 Å². The Morgan fingerprint density at radius 1 is 1.20 bits per heavy atom. The summed E-state index contributed by atoms with van der Waals surface area (Å²) in [5, 5.41) is 4.23. The number of para-hydroxylation sites is 1. The van der Waals surface area contributed by atoms with Gasteiger partial charge in [-0.25, -0.2) is 0 Å². The molecule has 1 atom stereocenters. The molecule has 6 heteroatoms. The van der Waals surface area contributed by atoms with Crippen LogP contribution < -0.4 is 11.1 Å². The van der Waals surface area contributed by atoms with Crippen molar-refractivity contribution in [3.05, 3.63) is 35.0 Å². The van der Waals surface area contributed by atoms with Gasteiger partial charge in [-0.2, -0.15) is 0 Å². The highest BCUT2D eigenvalue weighted by Crippen LogP contribution is 2.33. The van der Waals surface area contributed by atoms with Crippen molar-refractivity contribution in [2.24, 2.45) is 11.7 Å². The number of hydrogen-bond donors (Lipinski definition) is 3. The van der Waals surface area contributed by atoms with Crippen molar-refractivity contribution in [3.63, 3.8) is 0 Å². The number of carbonyl (C=O) groups is 2. The van der Waals surface area contributed by atoms with Gasteiger partial charge < -0.3 is 20.8 Å². The molecule has 4 rings (SSSR count). The minimum atomic E-state index is -0.432. The fourth-order valence-electron chi connectivity index (χ4n) is 4.04. The van der Waals surface area contributed by atoms with Gasteiger partial charge in [0.2, 0.25) is 5.91 Å². The third-order valence-corrected chi connectivity index (χ3v) is 5.43. The van der Waals surface area contributed by atoms with Crippen molar-refractivity contribution in [3.8, 4) is 0 Å². The van der Waals surface area contributed by atoms with Gasteiger partial charge in [0.1, 0.15) is 0 Å². The number of rotatable bonds is 3. The van der Waals surface area contributed by atoms with E-state index in [9.17, 15) is 9.59 Å². The van der Waals surface area contributed by atoms with E-state index >= 15 is 0 Å². The summed E-state index contributed by atoms with van der Waals surface area (Å²) in [5.41, 5.74) is 9.06. The summed E-state index contributed by atoms with van der Waals surface area (Å²) in [5.74, 6) is -0.329. The fraction of sp³-hybridized carbons (Fsp3) is 0.474. The molecule has 1 saturated heterocycles. The van der Waals surface area contributed by atoms with Gasteiger partial charge in [0, 0.05) is 36.3 Å². The normalized spacial score (nSPS) is 21.0. The largest absolute Gasteiger partial charge is 0.381 e. The number of aromatic nitrogens is 1. The lowest BCUT2D eigenvalue weighted by Gasteiger charge is -2.27. The van der Waals surface area contributed by atoms with Gasteiger partial charge in [-0.3, -0.25) is 9.59 Å². The van der Waals surface area contributed by atoms with Crippen molar-refractivity contribution >= 4 is 22.7 Å². The monoisotopic (exact) mass is 341 g/mol. The number of H-pyrrole nitrogens is 1. The van der Waals surface area contributed by atoms with Gasteiger partial charge >= 0.3 is 0 Å². The number of fused-ring (bicyclic) bond motifs is 3. The third kappa shape index (κ3) is 3.02. The second-order valence-electron chi connectivity index (χ2n) is 7.01. The number of ether oxygens (including phenoxy) is 1. The first-order valence-electron chi connectivity index (χ1n) is 8.94. The van der Waals surface area contributed by atoms with Crippen LogP contribution in [0.1, 0.15) is 40.9 Å². The highest BCUT2D eigenvalue weighted by molar-refractivity contribution is 6.06. The second kappa shape index (κ2) is 6.52. The highest BCUT2D eigenvalue weighted by Gasteiger charge is 2.29. The molecule has 25 heavy (non-hydrogen) atoms. The van der Waals surface area contributed by atoms with Crippen LogP contribution in [0.3, 0.4) is 0 Å². The molecule has 2 amide bonds. The lowest BCUT2D eigenvalue weighted by Crippen LogP contribution is -2.43. The van der Waals surface area contributed by atoms with Crippen molar-refractivity contribution in [1.29, 1.82) is 0 Å². The van der Waals surface area contributed by atoms with Crippen molar-refractivity contribution in [2.45, 2.75) is 38.1 Å². The maximum Gasteiger partial charge on any atom is 0.250 e. The summed E-state index contributed by atoms with van der Waals surface area (Å²) in [7, 11) is 0. The molecule has 6 nitrogen and oxygen atoms in total. The summed E-state index contributed by atoms with van der Waals surface area (Å²) >= 11 is 0. The maximum absolute atomic E-state index is 12.6. The minimum Gasteiger partial charge on any atom is -0.381 e. The Morgan fingerprint density at radius 3 is 2.76 bits per heavy atom. The van der Waals surface area contributed by atoms with E-state index in [0.717, 1.165) is 55.5 Å². The molecule has 1 aliphatic carbocycles. The summed E-state index contributed by atoms with van der Waals surface area (Å²) in [6.45, 7) is 1.44. The molecule has 132 valence electrons. The summed E-state index contributed by atoms with van der Waals surface area (Å²) in [6, 6.07) is 5.84. The molecule has 0 bridgehead atoms. The van der Waals surface area contributed by atoms with Gasteiger partial charge in [0.25, 0.3) is 5.91 Å². The number of nitrogens with one attached hydrogen (secondary N) is 2. The lowest BCUT2D eigenvalue weighted by atomic mass is 9.86. The summed E-state index contributed by atoms with van der Waals surface area (Å²) in [6.07, 6.45) is 4.12. The number of carbonyl (C=O) groups excluding carboxylic acids is 2. The van der Waals surface area contributed by atoms with E-state index in [0.29, 0.717) is 12.0 Å². The average Bonchev–Trinajstić information content (AvgIpc) is 3.00. The maximum atomic E-state index is 12.6. The van der Waals surface area contributed by atoms with Crippen LogP contribution in [0.5, 0.6) is 0 Å². The molecular formula is C19H23N3O3. The van der Waals surface area contributed by atoms with E-state index in [1.165, 1.54) is 5.56 Å². The van der Waals surface area contributed by atoms with Gasteiger partial charge in [-0.05, 0) is 43.7 Å². The zero-order chi connectivity index (χ0) is 17.4. The molecule has 1 aromatic carbocycles. The SMILES string of the molecule is NC(=O)c1cccc2c3c([nH]c12)CC(C(=O)NC1CCOCC1)CC3. The Kier molecular flexibility index (Phi) is 4.21. The van der Waals surface area contributed by atoms with Crippen LogP contribution in [0, 0.1) is 5.92 Å². The fourth-order valence-corrected chi connectivity index (χ4v) is 4.04. The number of aryl methyl sites for hydroxylation is 1. The third-order valence-electron chi connectivity index (χ3n) is 5.43. The first-order chi connectivity index (χ1) is 12.1. The molecule has 0 spiro atoms. The molecule has 2 heterocycles. The zero-order valence-electron chi connectivity index (χ0n) is 14.1. The lowest BCUT2D eigenvalue weighted by molar-refractivity contribution is -0.126. The van der Waals surface area contributed by atoms with E-state index in [1.807, 2.05) is 12.1 Å². The van der Waals surface area contributed by atoms with E-state index in [2.05, 4.69) is 10.3 Å². The number of primary amides is 1. The molecule has 4 N–H and O–H groups in total. The number of hydrogen-bond acceptors (Lipinski definition) is 3. The number of nitrogens with two attached hydrogens (primary N) is 1. The van der Waals surface area contributed by atoms with Crippen LogP contribution in [-0.4, -0.2) is 36.1 Å². The molecule has 1 fully saturated rings. The molecular weight excluding hydrogens is 318 g/mol. The molecule has 0 saturated carbocycles. The smallest absolute Gasteiger partial charge is 0.250 e. The van der Waals surface area contributed by atoms with Gasteiger partial charge in [0.05, 0.1) is 11.1 Å². The Morgan fingerprint density at radius 2 is 2.00 bits per heavy atom. The molecule has 1 aromatic heterocycles. The Balaban J connectivity index is 1.54. The Labute approximate surface area is 146 Å². The van der Waals surface area contributed by atoms with Gasteiger partial charge in [0.15, 0.2) is 0 Å². The van der Waals surface area contributed by atoms with Crippen LogP contribution >= 0.6 is 0 Å². The minimum absolute atomic E-state index is 0.0274. The number of benzene rings is 1. The van der Waals surface area contributed by atoms with E-state index in [1.54, 1.807) is 6.07 Å². The topological polar surface area (TPSA) is 97.2 Å². The van der Waals surface area contributed by atoms with Crippen LogP contribution in [-0.2, 0) is 22.4 Å². The standard InChI is InChI=1S/C19H23N3O3/c20-18(23)15-3-1-2-14-13-5-4-11(10-16(13)22-17(14)15)19(24)21-12-6-8-25-9-7-12/h1-3,11-12,22H,4-10H2,(H2,20,23)(H,21,24). The average molecular weight is 341 g/mol. The van der Waals surface area contributed by atoms with Crippen LogP contribution in [0.2, 0.25) is 0 Å². The van der Waals surface area contributed by atoms with Crippen LogP contribution in [0.25, 0.3) is 10.9 Å². The Hall–Kier alpha value is -2.34. The van der Waals surface area contributed by atoms with E-state index in [-0.39, 0.29) is 17.9 Å². The molecule has 1 unspecified atom stereocenters. The van der Waals surface area contributed by atoms with Gasteiger partial charge in [-0.15, -0.1) is 0 Å². The van der Waals surface area contributed by atoms with Crippen LogP contribution in [0.4, 0.5) is 0 Å². The van der Waals surface area contributed by atoms with E-state index in [4.69, 9.17) is 10.5 Å². The zero-order valence-corrected chi connectivity index (χ0v) is 14.1. The summed E-state index contributed by atoms with van der Waals surface area (Å²) < 4.78 is 5.34. The predicted octanol–water partition coefficient (Wildman–Crippen LogP) is 1.67. The number of amides is 2. The summed E-state index contributed by atoms with van der Waals surface area (Å²) in [4.78, 5) is 27.6. The molecule has 2 aromatic rings. The van der Waals surface area contributed by atoms with Crippen molar-refractivity contribution in [1.82, 2.24) is 10.3 Å². The molecule has 1 aliphatic heterocycles. The first-order valence-corrected chi connectivity index (χ1v) is 8.94. The highest BCUT2D eigenvalue weighted by atomic mass is 16.5.